The number of hydrogen-bond acceptors (Lipinski definition) is 3. The van der Waals surface area contributed by atoms with Crippen molar-refractivity contribution in [3.05, 3.63) is 24.5 Å². The van der Waals surface area contributed by atoms with Gasteiger partial charge in [-0.1, -0.05) is 12.7 Å². The zero-order chi connectivity index (χ0) is 9.82. The Morgan fingerprint density at radius 1 is 1.33 bits per heavy atom. The molecule has 0 unspecified atom stereocenters. The Labute approximate surface area is 74.0 Å². The lowest BCUT2D eigenvalue weighted by atomic mass is 10.4. The third kappa shape index (κ3) is 22.9. The van der Waals surface area contributed by atoms with Crippen molar-refractivity contribution >= 4 is 0 Å². The average molecular weight is 174 g/mol. The molecule has 0 aliphatic heterocycles. The molecule has 0 saturated carbocycles. The van der Waals surface area contributed by atoms with Crippen LogP contribution in [0.5, 0.6) is 0 Å². The summed E-state index contributed by atoms with van der Waals surface area (Å²) >= 11 is 0. The highest BCUT2D eigenvalue weighted by Gasteiger charge is 1.73. The largest absolute Gasteiger partial charge is 0.497 e. The summed E-state index contributed by atoms with van der Waals surface area (Å²) in [4.78, 5) is 0. The lowest BCUT2D eigenvalue weighted by Gasteiger charge is -1.92. The highest BCUT2D eigenvalue weighted by molar-refractivity contribution is 4.86. The molecular weight excluding hydrogens is 156 g/mol. The number of aliphatic hydroxyl groups excluding tert-OH is 2. The lowest BCUT2D eigenvalue weighted by Crippen LogP contribution is -1.85. The van der Waals surface area contributed by atoms with Gasteiger partial charge in [0.15, 0.2) is 0 Å². The van der Waals surface area contributed by atoms with Crippen LogP contribution >= 0.6 is 0 Å². The van der Waals surface area contributed by atoms with Crippen LogP contribution in [0.3, 0.4) is 0 Å². The van der Waals surface area contributed by atoms with Crippen LogP contribution < -0.4 is 0 Å². The van der Waals surface area contributed by atoms with Crippen LogP contribution in [0, 0.1) is 0 Å². The normalized spacial score (nSPS) is 7.67. The molecule has 0 heterocycles. The third-order valence-electron chi connectivity index (χ3n) is 0.633. The van der Waals surface area contributed by atoms with Gasteiger partial charge in [0, 0.05) is 0 Å². The first-order valence-electron chi connectivity index (χ1n) is 3.76. The van der Waals surface area contributed by atoms with Crippen LogP contribution in [-0.2, 0) is 4.74 Å². The van der Waals surface area contributed by atoms with Crippen molar-refractivity contribution in [2.75, 3.05) is 19.8 Å². The summed E-state index contributed by atoms with van der Waals surface area (Å²) in [5.41, 5.74) is 1.17. The summed E-state index contributed by atoms with van der Waals surface area (Å²) in [6, 6.07) is 0. The van der Waals surface area contributed by atoms with Crippen LogP contribution in [0.1, 0.15) is 13.8 Å². The summed E-state index contributed by atoms with van der Waals surface area (Å²) in [5.74, 6) is 0. The van der Waals surface area contributed by atoms with Gasteiger partial charge in [0.2, 0.25) is 0 Å². The Morgan fingerprint density at radius 3 is 2.08 bits per heavy atom. The van der Waals surface area contributed by atoms with Gasteiger partial charge >= 0.3 is 0 Å². The molecule has 3 heteroatoms. The molecule has 0 amide bonds. The molecule has 12 heavy (non-hydrogen) atoms. The fourth-order valence-corrected chi connectivity index (χ4v) is 0.283. The maximum absolute atomic E-state index is 7.62. The maximum Gasteiger partial charge on any atom is 0.105 e. The van der Waals surface area contributed by atoms with E-state index in [0.717, 1.165) is 0 Å². The van der Waals surface area contributed by atoms with Crippen LogP contribution in [0.25, 0.3) is 0 Å². The number of ether oxygens (including phenoxy) is 1. The smallest absolute Gasteiger partial charge is 0.105 e. The van der Waals surface area contributed by atoms with Crippen molar-refractivity contribution in [3.8, 4) is 0 Å². The van der Waals surface area contributed by atoms with Crippen LogP contribution in [0.15, 0.2) is 24.5 Å². The first-order valence-corrected chi connectivity index (χ1v) is 3.76. The molecule has 2 N–H and O–H groups in total. The Morgan fingerprint density at radius 2 is 1.83 bits per heavy atom. The van der Waals surface area contributed by atoms with E-state index in [0.29, 0.717) is 6.61 Å². The average Bonchev–Trinajstić information content (AvgIpc) is 2.05. The summed E-state index contributed by atoms with van der Waals surface area (Å²) in [5, 5.41) is 15.2. The highest BCUT2D eigenvalue weighted by atomic mass is 16.5. The van der Waals surface area contributed by atoms with E-state index in [1.54, 1.807) is 12.3 Å². The van der Waals surface area contributed by atoms with Crippen LogP contribution in [0.2, 0.25) is 0 Å². The van der Waals surface area contributed by atoms with E-state index >= 15 is 0 Å². The van der Waals surface area contributed by atoms with E-state index in [1.807, 2.05) is 13.8 Å². The third-order valence-corrected chi connectivity index (χ3v) is 0.633. The second-order valence-corrected chi connectivity index (χ2v) is 2.26. The van der Waals surface area contributed by atoms with Crippen molar-refractivity contribution in [3.63, 3.8) is 0 Å². The van der Waals surface area contributed by atoms with Crippen molar-refractivity contribution in [1.82, 2.24) is 0 Å². The standard InChI is InChI=1S/C7H12O.C2H6O2/c1-4-5-8-6-7(2)3;3-1-2-4/h4,6H,1,5H2,2-3H3;3-4H,1-2H2. The molecule has 0 atom stereocenters. The van der Waals surface area contributed by atoms with Crippen LogP contribution in [0.4, 0.5) is 0 Å². The predicted octanol–water partition coefficient (Wildman–Crippen LogP) is 1.08. The van der Waals surface area contributed by atoms with E-state index in [2.05, 4.69) is 6.58 Å². The molecule has 0 saturated heterocycles. The molecule has 0 fully saturated rings. The first-order chi connectivity index (χ1) is 5.68. The quantitative estimate of drug-likeness (QED) is 0.381. The summed E-state index contributed by atoms with van der Waals surface area (Å²) in [7, 11) is 0. The molecule has 72 valence electrons. The Hall–Kier alpha value is -0.800. The predicted molar refractivity (Wildman–Crippen MR) is 49.8 cm³/mol. The van der Waals surface area contributed by atoms with Crippen molar-refractivity contribution in [2.24, 2.45) is 0 Å². The second-order valence-electron chi connectivity index (χ2n) is 2.26. The lowest BCUT2D eigenvalue weighted by molar-refractivity contribution is 0.186. The van der Waals surface area contributed by atoms with Gasteiger partial charge in [-0.25, -0.2) is 0 Å². The first kappa shape index (κ1) is 13.8. The molecule has 0 spiro atoms. The molecule has 0 aliphatic rings. The Bertz CT molecular complexity index is 113. The van der Waals surface area contributed by atoms with Gasteiger partial charge in [0.05, 0.1) is 19.5 Å². The Kier molecular flexibility index (Phi) is 14.7. The van der Waals surface area contributed by atoms with E-state index in [1.165, 1.54) is 5.57 Å². The maximum atomic E-state index is 7.62. The molecular formula is C9H18O3. The highest BCUT2D eigenvalue weighted by Crippen LogP contribution is 1.88. The number of hydrogen-bond donors (Lipinski definition) is 2. The van der Waals surface area contributed by atoms with Gasteiger partial charge in [-0.15, -0.1) is 0 Å². The minimum absolute atomic E-state index is 0.125. The van der Waals surface area contributed by atoms with Crippen molar-refractivity contribution in [1.29, 1.82) is 0 Å². The molecule has 0 bridgehead atoms. The van der Waals surface area contributed by atoms with Gasteiger partial charge < -0.3 is 14.9 Å². The minimum Gasteiger partial charge on any atom is -0.497 e. The molecule has 0 aromatic carbocycles. The summed E-state index contributed by atoms with van der Waals surface area (Å²) in [6.07, 6.45) is 3.45. The van der Waals surface area contributed by atoms with Crippen molar-refractivity contribution < 1.29 is 14.9 Å². The van der Waals surface area contributed by atoms with Gasteiger partial charge in [-0.05, 0) is 19.4 Å². The summed E-state index contributed by atoms with van der Waals surface area (Å²) < 4.78 is 4.96. The zero-order valence-electron chi connectivity index (χ0n) is 7.79. The molecule has 0 radical (unpaired) electrons. The molecule has 3 nitrogen and oxygen atoms in total. The molecule has 0 aromatic heterocycles. The van der Waals surface area contributed by atoms with E-state index in [-0.39, 0.29) is 13.2 Å². The van der Waals surface area contributed by atoms with Gasteiger partial charge in [0.1, 0.15) is 6.61 Å². The van der Waals surface area contributed by atoms with Gasteiger partial charge in [-0.2, -0.15) is 0 Å². The molecule has 0 rings (SSSR count). The van der Waals surface area contributed by atoms with E-state index in [4.69, 9.17) is 14.9 Å². The fraction of sp³-hybridized carbons (Fsp3) is 0.556. The van der Waals surface area contributed by atoms with E-state index < -0.39 is 0 Å². The summed E-state index contributed by atoms with van der Waals surface area (Å²) in [6.45, 7) is 7.83. The number of rotatable bonds is 4. The Balaban J connectivity index is 0. The van der Waals surface area contributed by atoms with Gasteiger partial charge in [0.25, 0.3) is 0 Å². The SMILES string of the molecule is C=CCOC=C(C)C.OCCO. The van der Waals surface area contributed by atoms with E-state index in [9.17, 15) is 0 Å². The monoisotopic (exact) mass is 174 g/mol. The second kappa shape index (κ2) is 12.8. The number of allylic oxidation sites excluding steroid dienone is 1. The topological polar surface area (TPSA) is 49.7 Å². The zero-order valence-corrected chi connectivity index (χ0v) is 7.79. The van der Waals surface area contributed by atoms with Gasteiger partial charge in [-0.3, -0.25) is 0 Å². The number of aliphatic hydroxyl groups is 2. The van der Waals surface area contributed by atoms with Crippen LogP contribution in [-0.4, -0.2) is 30.0 Å². The molecule has 0 aromatic rings. The van der Waals surface area contributed by atoms with Crippen molar-refractivity contribution in [2.45, 2.75) is 13.8 Å². The molecule has 0 aliphatic carbocycles. The minimum atomic E-state index is -0.125. The fourth-order valence-electron chi connectivity index (χ4n) is 0.283.